The summed E-state index contributed by atoms with van der Waals surface area (Å²) >= 11 is 1.83. The first-order valence-electron chi connectivity index (χ1n) is 11.5. The van der Waals surface area contributed by atoms with E-state index in [1.54, 1.807) is 0 Å². The van der Waals surface area contributed by atoms with E-state index in [2.05, 4.69) is 110 Å². The molecular formula is C30H17N3S. The zero-order chi connectivity index (χ0) is 22.0. The van der Waals surface area contributed by atoms with Crippen molar-refractivity contribution in [3.63, 3.8) is 0 Å². The van der Waals surface area contributed by atoms with Gasteiger partial charge in [-0.1, -0.05) is 54.6 Å². The number of hydrogen-bond acceptors (Lipinski definition) is 1. The maximum absolute atomic E-state index is 3.71. The largest absolute Gasteiger partial charge is 0.354 e. The lowest BCUT2D eigenvalue weighted by molar-refractivity contribution is 1.18. The number of hydrogen-bond donors (Lipinski definition) is 1. The number of para-hydroxylation sites is 2. The van der Waals surface area contributed by atoms with E-state index in [-0.39, 0.29) is 0 Å². The van der Waals surface area contributed by atoms with E-state index in [1.807, 2.05) is 11.3 Å². The van der Waals surface area contributed by atoms with Crippen LogP contribution in [0.3, 0.4) is 0 Å². The summed E-state index contributed by atoms with van der Waals surface area (Å²) in [6, 6.07) is 33.1. The van der Waals surface area contributed by atoms with Crippen LogP contribution in [0.25, 0.3) is 75.9 Å². The molecular weight excluding hydrogens is 434 g/mol. The van der Waals surface area contributed by atoms with Crippen molar-refractivity contribution >= 4 is 81.6 Å². The molecule has 0 saturated carbocycles. The molecule has 9 aromatic rings. The van der Waals surface area contributed by atoms with Crippen LogP contribution in [-0.2, 0) is 0 Å². The highest BCUT2D eigenvalue weighted by Crippen LogP contribution is 2.46. The standard InChI is InChI=1S/C30H17N3S/c1-2-7-17(8-3-1)32-24-12-5-4-9-20(24)28-29(32)21-10-6-11-22-25(21)26-23(31-22)14-13-18-19-15-16-34-30(19)33(28)27(18)26/h1-16,31H. The van der Waals surface area contributed by atoms with E-state index in [4.69, 9.17) is 0 Å². The predicted octanol–water partition coefficient (Wildman–Crippen LogP) is 8.48. The average molecular weight is 452 g/mol. The molecule has 0 radical (unpaired) electrons. The number of aromatic nitrogens is 3. The Morgan fingerprint density at radius 2 is 1.38 bits per heavy atom. The molecule has 0 spiro atoms. The summed E-state index contributed by atoms with van der Waals surface area (Å²) < 4.78 is 5.00. The van der Waals surface area contributed by atoms with Gasteiger partial charge in [0.25, 0.3) is 0 Å². The highest BCUT2D eigenvalue weighted by atomic mass is 32.1. The van der Waals surface area contributed by atoms with E-state index < -0.39 is 0 Å². The summed E-state index contributed by atoms with van der Waals surface area (Å²) in [4.78, 5) is 5.02. The summed E-state index contributed by atoms with van der Waals surface area (Å²) in [7, 11) is 0. The fourth-order valence-electron chi connectivity index (χ4n) is 6.20. The second-order valence-electron chi connectivity index (χ2n) is 9.10. The van der Waals surface area contributed by atoms with Gasteiger partial charge < -0.3 is 9.55 Å². The number of H-pyrrole nitrogens is 1. The molecule has 0 aliphatic heterocycles. The maximum Gasteiger partial charge on any atom is 0.108 e. The van der Waals surface area contributed by atoms with Gasteiger partial charge in [-0.2, -0.15) is 0 Å². The van der Waals surface area contributed by atoms with Crippen molar-refractivity contribution in [3.8, 4) is 5.69 Å². The number of nitrogens with zero attached hydrogens (tertiary/aromatic N) is 2. The first-order chi connectivity index (χ1) is 16.9. The minimum atomic E-state index is 1.18. The van der Waals surface area contributed by atoms with Gasteiger partial charge in [0.05, 0.1) is 22.1 Å². The van der Waals surface area contributed by atoms with Crippen molar-refractivity contribution in [2.24, 2.45) is 0 Å². The molecule has 0 aliphatic rings. The fraction of sp³-hybridized carbons (Fsp3) is 0. The molecule has 158 valence electrons. The average Bonchev–Trinajstić information content (AvgIpc) is 3.61. The molecule has 9 rings (SSSR count). The zero-order valence-corrected chi connectivity index (χ0v) is 18.9. The Labute approximate surface area is 197 Å². The molecule has 5 heterocycles. The van der Waals surface area contributed by atoms with E-state index in [0.717, 1.165) is 0 Å². The molecule has 3 nitrogen and oxygen atoms in total. The summed E-state index contributed by atoms with van der Waals surface area (Å²) in [5.41, 5.74) is 8.64. The predicted molar refractivity (Wildman–Crippen MR) is 145 cm³/mol. The van der Waals surface area contributed by atoms with Gasteiger partial charge in [0.2, 0.25) is 0 Å². The monoisotopic (exact) mass is 451 g/mol. The van der Waals surface area contributed by atoms with Gasteiger partial charge in [-0.15, -0.1) is 11.3 Å². The summed E-state index contributed by atoms with van der Waals surface area (Å²) in [6.07, 6.45) is 0. The Kier molecular flexibility index (Phi) is 2.94. The van der Waals surface area contributed by atoms with Crippen molar-refractivity contribution in [1.29, 1.82) is 0 Å². The highest BCUT2D eigenvalue weighted by molar-refractivity contribution is 7.17. The first kappa shape index (κ1) is 17.2. The van der Waals surface area contributed by atoms with E-state index >= 15 is 0 Å². The summed E-state index contributed by atoms with van der Waals surface area (Å²) in [6.45, 7) is 0. The number of fused-ring (bicyclic) bond motifs is 8. The number of nitrogens with one attached hydrogen (secondary N) is 1. The fourth-order valence-corrected chi connectivity index (χ4v) is 7.13. The Morgan fingerprint density at radius 3 is 2.32 bits per heavy atom. The Morgan fingerprint density at radius 1 is 0.559 bits per heavy atom. The van der Waals surface area contributed by atoms with Crippen LogP contribution in [0.4, 0.5) is 0 Å². The lowest BCUT2D eigenvalue weighted by Crippen LogP contribution is -1.93. The minimum absolute atomic E-state index is 1.18. The lowest BCUT2D eigenvalue weighted by atomic mass is 10.1. The van der Waals surface area contributed by atoms with Gasteiger partial charge in [-0.3, -0.25) is 4.40 Å². The van der Waals surface area contributed by atoms with Crippen LogP contribution in [0.2, 0.25) is 0 Å². The van der Waals surface area contributed by atoms with E-state index in [0.29, 0.717) is 0 Å². The Hall–Kier alpha value is -4.28. The number of rotatable bonds is 1. The number of benzene rings is 4. The second kappa shape index (κ2) is 5.79. The molecule has 0 aliphatic carbocycles. The molecule has 0 atom stereocenters. The lowest BCUT2D eigenvalue weighted by Gasteiger charge is -2.08. The first-order valence-corrected chi connectivity index (χ1v) is 12.4. The van der Waals surface area contributed by atoms with Crippen molar-refractivity contribution < 1.29 is 0 Å². The van der Waals surface area contributed by atoms with Gasteiger partial charge >= 0.3 is 0 Å². The van der Waals surface area contributed by atoms with Gasteiger partial charge in [-0.05, 0) is 41.8 Å². The second-order valence-corrected chi connectivity index (χ2v) is 9.99. The van der Waals surface area contributed by atoms with Crippen molar-refractivity contribution in [1.82, 2.24) is 14.0 Å². The van der Waals surface area contributed by atoms with Crippen molar-refractivity contribution in [2.45, 2.75) is 0 Å². The van der Waals surface area contributed by atoms with E-state index in [1.165, 1.54) is 75.9 Å². The van der Waals surface area contributed by atoms with Gasteiger partial charge in [-0.25, -0.2) is 0 Å². The van der Waals surface area contributed by atoms with Crippen molar-refractivity contribution in [3.05, 3.63) is 96.4 Å². The molecule has 0 unspecified atom stereocenters. The topological polar surface area (TPSA) is 25.1 Å². The zero-order valence-electron chi connectivity index (χ0n) is 18.0. The highest BCUT2D eigenvalue weighted by Gasteiger charge is 2.24. The third-order valence-electron chi connectivity index (χ3n) is 7.46. The molecule has 4 heteroatoms. The van der Waals surface area contributed by atoms with Crippen LogP contribution in [0, 0.1) is 0 Å². The SMILES string of the molecule is c1ccc(-n2c3ccccc3c3c2c2cccc4[nH]c5ccc6c7ccsc7n3c6c5c42)cc1. The van der Waals surface area contributed by atoms with Crippen molar-refractivity contribution in [2.75, 3.05) is 0 Å². The molecule has 0 bridgehead atoms. The quantitative estimate of drug-likeness (QED) is 0.259. The molecule has 4 aromatic carbocycles. The van der Waals surface area contributed by atoms with Crippen LogP contribution in [0.1, 0.15) is 0 Å². The van der Waals surface area contributed by atoms with Crippen LogP contribution < -0.4 is 0 Å². The molecule has 5 aromatic heterocycles. The number of aromatic amines is 1. The molecule has 0 amide bonds. The third kappa shape index (κ3) is 1.84. The van der Waals surface area contributed by atoms with Crippen LogP contribution >= 0.6 is 11.3 Å². The molecule has 0 saturated heterocycles. The van der Waals surface area contributed by atoms with Gasteiger partial charge in [0, 0.05) is 49.0 Å². The Bertz CT molecular complexity index is 2220. The molecule has 34 heavy (non-hydrogen) atoms. The van der Waals surface area contributed by atoms with Crippen LogP contribution in [0.5, 0.6) is 0 Å². The third-order valence-corrected chi connectivity index (χ3v) is 8.36. The molecule has 0 fully saturated rings. The van der Waals surface area contributed by atoms with Crippen LogP contribution in [-0.4, -0.2) is 14.0 Å². The summed E-state index contributed by atoms with van der Waals surface area (Å²) in [5.74, 6) is 0. The van der Waals surface area contributed by atoms with Gasteiger partial charge in [0.15, 0.2) is 0 Å². The Balaban J connectivity index is 1.78. The smallest absolute Gasteiger partial charge is 0.108 e. The summed E-state index contributed by atoms with van der Waals surface area (Å²) in [5, 5.41) is 10.1. The number of thiophene rings is 1. The van der Waals surface area contributed by atoms with Crippen LogP contribution in [0.15, 0.2) is 96.4 Å². The normalized spacial score (nSPS) is 12.7. The van der Waals surface area contributed by atoms with Gasteiger partial charge in [0.1, 0.15) is 4.83 Å². The maximum atomic E-state index is 3.71. The van der Waals surface area contributed by atoms with E-state index in [9.17, 15) is 0 Å². The minimum Gasteiger partial charge on any atom is -0.354 e. The molecule has 1 N–H and O–H groups in total.